The lowest BCUT2D eigenvalue weighted by molar-refractivity contribution is -0.136. The van der Waals surface area contributed by atoms with Crippen molar-refractivity contribution in [3.05, 3.63) is 35.4 Å². The molecular weight excluding hydrogens is 250 g/mol. The Morgan fingerprint density at radius 3 is 2.20 bits per heavy atom. The van der Waals surface area contributed by atoms with Crippen molar-refractivity contribution in [2.75, 3.05) is 6.54 Å². The van der Waals surface area contributed by atoms with Crippen molar-refractivity contribution in [1.82, 2.24) is 5.32 Å². The third kappa shape index (κ3) is 5.74. The number of carboxylic acids is 1. The molecule has 1 unspecified atom stereocenters. The Morgan fingerprint density at radius 1 is 1.15 bits per heavy atom. The molecule has 0 aliphatic rings. The minimum atomic E-state index is -0.757. The van der Waals surface area contributed by atoms with Gasteiger partial charge in [0.05, 0.1) is 6.42 Å². The molecule has 0 saturated carbocycles. The molecule has 1 atom stereocenters. The zero-order valence-corrected chi connectivity index (χ0v) is 13.0. The van der Waals surface area contributed by atoms with Gasteiger partial charge in [0.25, 0.3) is 0 Å². The van der Waals surface area contributed by atoms with E-state index in [9.17, 15) is 4.79 Å². The molecule has 0 bridgehead atoms. The number of hydrogen-bond acceptors (Lipinski definition) is 2. The minimum absolute atomic E-state index is 0.161. The van der Waals surface area contributed by atoms with E-state index in [0.717, 1.165) is 6.42 Å². The first kappa shape index (κ1) is 16.7. The molecule has 1 aromatic carbocycles. The Morgan fingerprint density at radius 2 is 1.75 bits per heavy atom. The Hall–Kier alpha value is -1.35. The second kappa shape index (κ2) is 8.05. The maximum absolute atomic E-state index is 10.6. The van der Waals surface area contributed by atoms with Crippen molar-refractivity contribution >= 4 is 5.97 Å². The van der Waals surface area contributed by atoms with Gasteiger partial charge in [-0.2, -0.15) is 0 Å². The molecule has 0 spiro atoms. The number of aliphatic carboxylic acids is 1. The summed E-state index contributed by atoms with van der Waals surface area (Å²) in [5, 5.41) is 12.1. The number of carboxylic acid groups (broad SMARTS) is 1. The van der Waals surface area contributed by atoms with Gasteiger partial charge < -0.3 is 10.4 Å². The van der Waals surface area contributed by atoms with Crippen LogP contribution < -0.4 is 5.32 Å². The fourth-order valence-corrected chi connectivity index (χ4v) is 2.41. The lowest BCUT2D eigenvalue weighted by Crippen LogP contribution is -2.27. The van der Waals surface area contributed by atoms with Crippen LogP contribution in [0.4, 0.5) is 0 Å². The van der Waals surface area contributed by atoms with Crippen molar-refractivity contribution < 1.29 is 9.90 Å². The molecular formula is C17H27NO2. The van der Waals surface area contributed by atoms with E-state index >= 15 is 0 Å². The summed E-state index contributed by atoms with van der Waals surface area (Å²) in [4.78, 5) is 10.6. The third-order valence-corrected chi connectivity index (χ3v) is 3.35. The molecule has 1 aromatic rings. The maximum Gasteiger partial charge on any atom is 0.304 e. The SMILES string of the molecule is CC(C)Cc1ccc(C(NCCC(=O)O)C(C)C)cc1. The van der Waals surface area contributed by atoms with E-state index in [4.69, 9.17) is 5.11 Å². The van der Waals surface area contributed by atoms with Crippen LogP contribution in [0.2, 0.25) is 0 Å². The normalized spacial score (nSPS) is 12.9. The Labute approximate surface area is 122 Å². The highest BCUT2D eigenvalue weighted by molar-refractivity contribution is 5.66. The molecule has 3 heteroatoms. The number of carbonyl (C=O) groups is 1. The predicted octanol–water partition coefficient (Wildman–Crippen LogP) is 3.65. The van der Waals surface area contributed by atoms with Gasteiger partial charge in [0.15, 0.2) is 0 Å². The Bertz CT molecular complexity index is 410. The van der Waals surface area contributed by atoms with Gasteiger partial charge in [-0.05, 0) is 29.4 Å². The summed E-state index contributed by atoms with van der Waals surface area (Å²) in [6.07, 6.45) is 1.26. The van der Waals surface area contributed by atoms with Crippen molar-refractivity contribution in [3.8, 4) is 0 Å². The highest BCUT2D eigenvalue weighted by Crippen LogP contribution is 2.22. The van der Waals surface area contributed by atoms with E-state index in [2.05, 4.69) is 57.3 Å². The van der Waals surface area contributed by atoms with E-state index in [0.29, 0.717) is 18.4 Å². The first-order chi connectivity index (χ1) is 9.40. The van der Waals surface area contributed by atoms with Gasteiger partial charge in [-0.15, -0.1) is 0 Å². The second-order valence-electron chi connectivity index (χ2n) is 6.16. The molecule has 20 heavy (non-hydrogen) atoms. The monoisotopic (exact) mass is 277 g/mol. The first-order valence-electron chi connectivity index (χ1n) is 7.44. The topological polar surface area (TPSA) is 49.3 Å². The van der Waals surface area contributed by atoms with Gasteiger partial charge in [-0.3, -0.25) is 4.79 Å². The highest BCUT2D eigenvalue weighted by atomic mass is 16.4. The highest BCUT2D eigenvalue weighted by Gasteiger charge is 2.15. The average Bonchev–Trinajstić information content (AvgIpc) is 2.34. The van der Waals surface area contributed by atoms with E-state index in [1.807, 2.05) is 0 Å². The van der Waals surface area contributed by atoms with E-state index < -0.39 is 5.97 Å². The number of benzene rings is 1. The van der Waals surface area contributed by atoms with Crippen LogP contribution in [-0.2, 0) is 11.2 Å². The van der Waals surface area contributed by atoms with Crippen LogP contribution in [-0.4, -0.2) is 17.6 Å². The summed E-state index contributed by atoms with van der Waals surface area (Å²) in [6.45, 7) is 9.25. The van der Waals surface area contributed by atoms with Crippen LogP contribution in [0.15, 0.2) is 24.3 Å². The molecule has 0 aliphatic carbocycles. The fourth-order valence-electron chi connectivity index (χ4n) is 2.41. The number of hydrogen-bond donors (Lipinski definition) is 2. The second-order valence-corrected chi connectivity index (χ2v) is 6.16. The van der Waals surface area contributed by atoms with Gasteiger partial charge in [0, 0.05) is 12.6 Å². The molecule has 0 fully saturated rings. The lowest BCUT2D eigenvalue weighted by atomic mass is 9.93. The van der Waals surface area contributed by atoms with Crippen LogP contribution in [0.25, 0.3) is 0 Å². The third-order valence-electron chi connectivity index (χ3n) is 3.35. The standard InChI is InChI=1S/C17H27NO2/c1-12(2)11-14-5-7-15(8-6-14)17(13(3)4)18-10-9-16(19)20/h5-8,12-13,17-18H,9-11H2,1-4H3,(H,19,20). The smallest absolute Gasteiger partial charge is 0.304 e. The molecule has 0 radical (unpaired) electrons. The zero-order valence-electron chi connectivity index (χ0n) is 13.0. The summed E-state index contributed by atoms with van der Waals surface area (Å²) < 4.78 is 0. The summed E-state index contributed by atoms with van der Waals surface area (Å²) in [5.41, 5.74) is 2.59. The van der Waals surface area contributed by atoms with Gasteiger partial charge in [0.2, 0.25) is 0 Å². The van der Waals surface area contributed by atoms with Crippen LogP contribution in [0.1, 0.15) is 51.3 Å². The van der Waals surface area contributed by atoms with Gasteiger partial charge in [-0.1, -0.05) is 52.0 Å². The Balaban J connectivity index is 2.69. The Kier molecular flexibility index (Phi) is 6.73. The molecule has 0 heterocycles. The van der Waals surface area contributed by atoms with Crippen molar-refractivity contribution in [3.63, 3.8) is 0 Å². The van der Waals surface area contributed by atoms with Gasteiger partial charge >= 0.3 is 5.97 Å². The quantitative estimate of drug-likeness (QED) is 0.762. The molecule has 3 nitrogen and oxygen atoms in total. The van der Waals surface area contributed by atoms with Gasteiger partial charge in [0.1, 0.15) is 0 Å². The molecule has 2 N–H and O–H groups in total. The summed E-state index contributed by atoms with van der Waals surface area (Å²) >= 11 is 0. The maximum atomic E-state index is 10.6. The number of rotatable bonds is 8. The molecule has 0 saturated heterocycles. The van der Waals surface area contributed by atoms with Crippen LogP contribution in [0.3, 0.4) is 0 Å². The molecule has 0 aliphatic heterocycles. The fraction of sp³-hybridized carbons (Fsp3) is 0.588. The molecule has 1 rings (SSSR count). The van der Waals surface area contributed by atoms with Crippen LogP contribution in [0, 0.1) is 11.8 Å². The average molecular weight is 277 g/mol. The summed E-state index contributed by atoms with van der Waals surface area (Å²) in [5.74, 6) is 0.336. The molecule has 112 valence electrons. The van der Waals surface area contributed by atoms with Crippen LogP contribution in [0.5, 0.6) is 0 Å². The van der Waals surface area contributed by atoms with E-state index in [-0.39, 0.29) is 12.5 Å². The number of nitrogens with one attached hydrogen (secondary N) is 1. The van der Waals surface area contributed by atoms with Gasteiger partial charge in [-0.25, -0.2) is 0 Å². The zero-order chi connectivity index (χ0) is 15.1. The van der Waals surface area contributed by atoms with E-state index in [1.165, 1.54) is 11.1 Å². The molecule has 0 aromatic heterocycles. The van der Waals surface area contributed by atoms with Crippen LogP contribution >= 0.6 is 0 Å². The molecule has 0 amide bonds. The predicted molar refractivity (Wildman–Crippen MR) is 82.8 cm³/mol. The minimum Gasteiger partial charge on any atom is -0.481 e. The summed E-state index contributed by atoms with van der Waals surface area (Å²) in [6, 6.07) is 8.90. The summed E-state index contributed by atoms with van der Waals surface area (Å²) in [7, 11) is 0. The van der Waals surface area contributed by atoms with Crippen molar-refractivity contribution in [2.45, 2.75) is 46.6 Å². The van der Waals surface area contributed by atoms with E-state index in [1.54, 1.807) is 0 Å². The van der Waals surface area contributed by atoms with Crippen molar-refractivity contribution in [2.24, 2.45) is 11.8 Å². The largest absolute Gasteiger partial charge is 0.481 e. The first-order valence-corrected chi connectivity index (χ1v) is 7.44. The van der Waals surface area contributed by atoms with Crippen molar-refractivity contribution in [1.29, 1.82) is 0 Å². The lowest BCUT2D eigenvalue weighted by Gasteiger charge is -2.23.